The molecule has 5 heteroatoms. The number of nitrogens with zero attached hydrogens (tertiary/aromatic N) is 2. The highest BCUT2D eigenvalue weighted by atomic mass is 16.2. The van der Waals surface area contributed by atoms with Crippen molar-refractivity contribution in [2.45, 2.75) is 32.2 Å². The molecule has 5 nitrogen and oxygen atoms in total. The summed E-state index contributed by atoms with van der Waals surface area (Å²) in [6.45, 7) is 1.99. The number of amidine groups is 1. The Bertz CT molecular complexity index is 538. The minimum Gasteiger partial charge on any atom is -0.356 e. The van der Waals surface area contributed by atoms with Crippen molar-refractivity contribution >= 4 is 17.4 Å². The fourth-order valence-corrected chi connectivity index (χ4v) is 2.72. The number of benzene rings is 1. The highest BCUT2D eigenvalue weighted by Crippen LogP contribution is 2.30. The van der Waals surface area contributed by atoms with Crippen molar-refractivity contribution in [1.82, 2.24) is 10.3 Å². The first-order chi connectivity index (χ1) is 9.28. The van der Waals surface area contributed by atoms with Gasteiger partial charge in [-0.3, -0.25) is 10.2 Å². The molecular weight excluding hydrogens is 240 g/mol. The van der Waals surface area contributed by atoms with Crippen molar-refractivity contribution in [3.05, 3.63) is 29.3 Å². The second-order valence-electron chi connectivity index (χ2n) is 5.08. The molecule has 1 aromatic rings. The number of carbonyl (C=O) groups is 1. The van der Waals surface area contributed by atoms with Gasteiger partial charge in [-0.15, -0.1) is 0 Å². The Morgan fingerprint density at radius 2 is 2.21 bits per heavy atom. The van der Waals surface area contributed by atoms with Crippen LogP contribution >= 0.6 is 0 Å². The maximum Gasteiger partial charge on any atom is 0.265 e. The maximum atomic E-state index is 11.5. The third-order valence-corrected chi connectivity index (χ3v) is 3.78. The van der Waals surface area contributed by atoms with E-state index in [1.807, 2.05) is 12.1 Å². The number of carbonyl (C=O) groups excluding carboxylic acids is 1. The molecule has 0 bridgehead atoms. The average molecular weight is 258 g/mol. The van der Waals surface area contributed by atoms with Gasteiger partial charge in [-0.25, -0.2) is 10.8 Å². The van der Waals surface area contributed by atoms with Gasteiger partial charge < -0.3 is 4.90 Å². The minimum absolute atomic E-state index is 0.272. The van der Waals surface area contributed by atoms with Crippen LogP contribution in [0.1, 0.15) is 41.6 Å². The molecule has 1 amide bonds. The molecular formula is C14H18N4O. The van der Waals surface area contributed by atoms with E-state index in [4.69, 9.17) is 10.8 Å². The fraction of sp³-hybridized carbons (Fsp3) is 0.429. The van der Waals surface area contributed by atoms with Gasteiger partial charge in [0.25, 0.3) is 5.91 Å². The van der Waals surface area contributed by atoms with E-state index in [1.54, 1.807) is 6.07 Å². The third kappa shape index (κ3) is 2.33. The predicted molar refractivity (Wildman–Crippen MR) is 74.1 cm³/mol. The molecule has 3 N–H and O–H groups in total. The molecule has 0 atom stereocenters. The van der Waals surface area contributed by atoms with Gasteiger partial charge in [-0.1, -0.05) is 12.5 Å². The monoisotopic (exact) mass is 258 g/mol. The van der Waals surface area contributed by atoms with Crippen LogP contribution in [-0.4, -0.2) is 23.2 Å². The van der Waals surface area contributed by atoms with Crippen molar-refractivity contribution in [1.29, 1.82) is 0 Å². The lowest BCUT2D eigenvalue weighted by Gasteiger charge is -2.29. The first-order valence-corrected chi connectivity index (χ1v) is 6.74. The first-order valence-electron chi connectivity index (χ1n) is 6.74. The Morgan fingerprint density at radius 3 is 3.05 bits per heavy atom. The Labute approximate surface area is 112 Å². The quantitative estimate of drug-likeness (QED) is 0.457. The lowest BCUT2D eigenvalue weighted by Crippen LogP contribution is -2.32. The summed E-state index contributed by atoms with van der Waals surface area (Å²) in [4.78, 5) is 18.6. The van der Waals surface area contributed by atoms with Crippen LogP contribution in [0.15, 0.2) is 23.2 Å². The van der Waals surface area contributed by atoms with Gasteiger partial charge >= 0.3 is 0 Å². The number of amides is 1. The van der Waals surface area contributed by atoms with Crippen molar-refractivity contribution in [3.8, 4) is 0 Å². The summed E-state index contributed by atoms with van der Waals surface area (Å²) in [5, 5.41) is 0. The number of nitrogens with two attached hydrogens (primary N) is 1. The Balaban J connectivity index is 1.95. The molecule has 0 radical (unpaired) electrons. The van der Waals surface area contributed by atoms with E-state index in [9.17, 15) is 4.79 Å². The summed E-state index contributed by atoms with van der Waals surface area (Å²) in [6, 6.07) is 5.61. The molecule has 1 fully saturated rings. The van der Waals surface area contributed by atoms with Crippen LogP contribution in [0.2, 0.25) is 0 Å². The van der Waals surface area contributed by atoms with E-state index >= 15 is 0 Å². The molecule has 0 aromatic heterocycles. The summed E-state index contributed by atoms with van der Waals surface area (Å²) in [6.07, 6.45) is 4.75. The molecule has 1 aromatic carbocycles. The molecule has 0 saturated carbocycles. The van der Waals surface area contributed by atoms with Crippen LogP contribution in [0.3, 0.4) is 0 Å². The van der Waals surface area contributed by atoms with E-state index in [0.29, 0.717) is 5.56 Å². The lowest BCUT2D eigenvalue weighted by molar-refractivity contribution is 0.0953. The molecule has 2 heterocycles. The van der Waals surface area contributed by atoms with Gasteiger partial charge in [-0.2, -0.15) is 0 Å². The highest BCUT2D eigenvalue weighted by Gasteiger charge is 2.21. The number of nitrogens with one attached hydrogen (secondary N) is 1. The molecule has 19 heavy (non-hydrogen) atoms. The van der Waals surface area contributed by atoms with E-state index in [2.05, 4.69) is 10.3 Å². The standard InChI is InChI=1S/C14H18N4O/c15-17-14(19)10-5-6-11-9-18-7-3-1-2-4-13(18)16-12(11)8-10/h5-6,8H,1-4,7,9,15H2,(H,17,19). The third-order valence-electron chi connectivity index (χ3n) is 3.78. The number of hydrogen-bond acceptors (Lipinski definition) is 4. The number of fused-ring (bicyclic) bond motifs is 2. The fourth-order valence-electron chi connectivity index (χ4n) is 2.72. The summed E-state index contributed by atoms with van der Waals surface area (Å²) in [5.74, 6) is 6.05. The Morgan fingerprint density at radius 1 is 1.32 bits per heavy atom. The zero-order valence-electron chi connectivity index (χ0n) is 10.9. The maximum absolute atomic E-state index is 11.5. The van der Waals surface area contributed by atoms with E-state index in [-0.39, 0.29) is 5.91 Å². The largest absolute Gasteiger partial charge is 0.356 e. The van der Waals surface area contributed by atoms with Gasteiger partial charge in [0, 0.05) is 25.1 Å². The zero-order valence-corrected chi connectivity index (χ0v) is 10.9. The summed E-state index contributed by atoms with van der Waals surface area (Å²) in [7, 11) is 0. The molecule has 1 saturated heterocycles. The van der Waals surface area contributed by atoms with E-state index in [0.717, 1.165) is 31.0 Å². The van der Waals surface area contributed by atoms with Crippen LogP contribution in [0.25, 0.3) is 0 Å². The van der Waals surface area contributed by atoms with Crippen LogP contribution in [0, 0.1) is 0 Å². The van der Waals surface area contributed by atoms with E-state index < -0.39 is 0 Å². The molecule has 0 unspecified atom stereocenters. The molecule has 2 aliphatic rings. The van der Waals surface area contributed by atoms with Gasteiger partial charge in [0.05, 0.1) is 5.69 Å². The molecule has 2 aliphatic heterocycles. The van der Waals surface area contributed by atoms with Gasteiger partial charge in [0.2, 0.25) is 0 Å². The average Bonchev–Trinajstić information content (AvgIpc) is 2.68. The SMILES string of the molecule is NNC(=O)c1ccc2c(c1)N=C1CCCCCN1C2. The Hall–Kier alpha value is -1.88. The summed E-state index contributed by atoms with van der Waals surface area (Å²) < 4.78 is 0. The Kier molecular flexibility index (Phi) is 3.21. The second-order valence-corrected chi connectivity index (χ2v) is 5.08. The number of rotatable bonds is 1. The summed E-state index contributed by atoms with van der Waals surface area (Å²) in [5.41, 5.74) is 4.81. The van der Waals surface area contributed by atoms with E-state index in [1.165, 1.54) is 24.8 Å². The van der Waals surface area contributed by atoms with Gasteiger partial charge in [0.1, 0.15) is 5.84 Å². The first kappa shape index (κ1) is 12.2. The van der Waals surface area contributed by atoms with Crippen LogP contribution < -0.4 is 11.3 Å². The van der Waals surface area contributed by atoms with Crippen molar-refractivity contribution in [2.24, 2.45) is 10.8 Å². The molecule has 3 rings (SSSR count). The number of nitrogen functional groups attached to an aromatic ring is 1. The van der Waals surface area contributed by atoms with Crippen molar-refractivity contribution in [2.75, 3.05) is 6.54 Å². The lowest BCUT2D eigenvalue weighted by atomic mass is 10.1. The van der Waals surface area contributed by atoms with Crippen LogP contribution in [-0.2, 0) is 6.54 Å². The number of aliphatic imine (C=N–C) groups is 1. The topological polar surface area (TPSA) is 70.7 Å². The van der Waals surface area contributed by atoms with Crippen molar-refractivity contribution < 1.29 is 4.79 Å². The predicted octanol–water partition coefficient (Wildman–Crippen LogP) is 1.71. The minimum atomic E-state index is -0.272. The second kappa shape index (κ2) is 5.01. The van der Waals surface area contributed by atoms with Crippen LogP contribution in [0.5, 0.6) is 0 Å². The van der Waals surface area contributed by atoms with Crippen LogP contribution in [0.4, 0.5) is 5.69 Å². The zero-order chi connectivity index (χ0) is 13.2. The van der Waals surface area contributed by atoms with Crippen molar-refractivity contribution in [3.63, 3.8) is 0 Å². The molecule has 0 spiro atoms. The normalized spacial score (nSPS) is 17.9. The smallest absolute Gasteiger partial charge is 0.265 e. The highest BCUT2D eigenvalue weighted by molar-refractivity contribution is 5.95. The number of hydrazine groups is 1. The summed E-state index contributed by atoms with van der Waals surface area (Å²) >= 11 is 0. The molecule has 0 aliphatic carbocycles. The van der Waals surface area contributed by atoms with Gasteiger partial charge in [0.15, 0.2) is 0 Å². The number of hydrogen-bond donors (Lipinski definition) is 2. The van der Waals surface area contributed by atoms with Gasteiger partial charge in [-0.05, 0) is 30.5 Å². The molecule has 100 valence electrons.